The molecule has 3 aromatic carbocycles. The van der Waals surface area contributed by atoms with Crippen molar-refractivity contribution in [3.8, 4) is 0 Å². The van der Waals surface area contributed by atoms with Gasteiger partial charge in [0.15, 0.2) is 6.10 Å². The third-order valence-corrected chi connectivity index (χ3v) is 5.12. The molecule has 0 spiro atoms. The molecule has 1 heterocycles. The molecule has 0 radical (unpaired) electrons. The quantitative estimate of drug-likeness (QED) is 0.386. The van der Waals surface area contributed by atoms with Crippen LogP contribution in [-0.2, 0) is 18.9 Å². The van der Waals surface area contributed by atoms with Crippen LogP contribution in [0.4, 0.5) is 4.39 Å². The van der Waals surface area contributed by atoms with E-state index in [1.807, 2.05) is 0 Å². The van der Waals surface area contributed by atoms with E-state index in [-0.39, 0.29) is 11.1 Å². The smallest absolute Gasteiger partial charge is 0.340 e. The highest BCUT2D eigenvalue weighted by molar-refractivity contribution is 5.90. The lowest BCUT2D eigenvalue weighted by Crippen LogP contribution is -2.37. The summed E-state index contributed by atoms with van der Waals surface area (Å²) in [5, 5.41) is 0. The lowest BCUT2D eigenvalue weighted by Gasteiger charge is -2.19. The van der Waals surface area contributed by atoms with Crippen LogP contribution < -0.4 is 0 Å². The van der Waals surface area contributed by atoms with Crippen LogP contribution in [0.1, 0.15) is 31.1 Å². The molecule has 4 atom stereocenters. The summed E-state index contributed by atoms with van der Waals surface area (Å²) >= 11 is 0. The lowest BCUT2D eigenvalue weighted by atomic mass is 10.1. The molecule has 174 valence electrons. The van der Waals surface area contributed by atoms with Gasteiger partial charge in [0.1, 0.15) is 12.7 Å². The Morgan fingerprint density at radius 2 is 1.12 bits per heavy atom. The molecule has 4 rings (SSSR count). The molecule has 1 aliphatic rings. The molecule has 1 unspecified atom stereocenters. The molecule has 0 aliphatic carbocycles. The highest BCUT2D eigenvalue weighted by Crippen LogP contribution is 2.29. The first-order valence-corrected chi connectivity index (χ1v) is 10.6. The van der Waals surface area contributed by atoms with Crippen LogP contribution in [0.2, 0.25) is 0 Å². The Morgan fingerprint density at radius 1 is 0.676 bits per heavy atom. The summed E-state index contributed by atoms with van der Waals surface area (Å²) < 4.78 is 36.6. The minimum Gasteiger partial charge on any atom is -0.459 e. The summed E-state index contributed by atoms with van der Waals surface area (Å²) in [7, 11) is 0. The predicted octanol–water partition coefficient (Wildman–Crippen LogP) is 3.99. The predicted molar refractivity (Wildman–Crippen MR) is 118 cm³/mol. The summed E-state index contributed by atoms with van der Waals surface area (Å²) in [6.07, 6.45) is -6.31. The average Bonchev–Trinajstić information content (AvgIpc) is 3.17. The average molecular weight is 464 g/mol. The number of carbonyl (C=O) groups is 3. The van der Waals surface area contributed by atoms with Crippen LogP contribution in [0.5, 0.6) is 0 Å². The zero-order valence-corrected chi connectivity index (χ0v) is 17.9. The topological polar surface area (TPSA) is 88.1 Å². The number of benzene rings is 3. The summed E-state index contributed by atoms with van der Waals surface area (Å²) in [6.45, 7) is -0.416. The van der Waals surface area contributed by atoms with Gasteiger partial charge in [-0.3, -0.25) is 0 Å². The Balaban J connectivity index is 1.47. The van der Waals surface area contributed by atoms with Gasteiger partial charge in [-0.05, 0) is 36.4 Å². The second-order valence-electron chi connectivity index (χ2n) is 7.46. The van der Waals surface area contributed by atoms with Gasteiger partial charge in [-0.15, -0.1) is 0 Å². The van der Waals surface area contributed by atoms with E-state index < -0.39 is 49.2 Å². The number of esters is 3. The molecule has 8 heteroatoms. The molecule has 0 amide bonds. The molecule has 1 aliphatic heterocycles. The van der Waals surface area contributed by atoms with Crippen LogP contribution >= 0.6 is 0 Å². The van der Waals surface area contributed by atoms with E-state index in [0.717, 1.165) is 0 Å². The number of hydrogen-bond acceptors (Lipinski definition) is 7. The maximum Gasteiger partial charge on any atom is 0.340 e. The van der Waals surface area contributed by atoms with E-state index in [0.29, 0.717) is 5.56 Å². The molecule has 0 bridgehead atoms. The number of hydrogen-bond donors (Lipinski definition) is 0. The maximum atomic E-state index is 15.3. The Bertz CT molecular complexity index is 1120. The van der Waals surface area contributed by atoms with Crippen molar-refractivity contribution in [2.24, 2.45) is 0 Å². The van der Waals surface area contributed by atoms with Crippen molar-refractivity contribution in [2.75, 3.05) is 6.61 Å². The van der Waals surface area contributed by atoms with E-state index in [4.69, 9.17) is 18.9 Å². The van der Waals surface area contributed by atoms with Crippen molar-refractivity contribution < 1.29 is 37.7 Å². The number of carbonyl (C=O) groups excluding carboxylic acids is 3. The van der Waals surface area contributed by atoms with Crippen LogP contribution in [-0.4, -0.2) is 49.2 Å². The van der Waals surface area contributed by atoms with E-state index in [1.54, 1.807) is 66.7 Å². The van der Waals surface area contributed by atoms with Crippen LogP contribution in [0, 0.1) is 0 Å². The van der Waals surface area contributed by atoms with Crippen molar-refractivity contribution in [3.05, 3.63) is 108 Å². The minimum atomic E-state index is -2.00. The summed E-state index contributed by atoms with van der Waals surface area (Å²) in [4.78, 5) is 37.2. The minimum absolute atomic E-state index is 0.204. The first-order valence-electron chi connectivity index (χ1n) is 10.6. The SMILES string of the molecule is O=C(OC[C@@H]1O[C@H](OC(=O)c2ccccc2)[C@@H](F)C1OC(=O)c1ccccc1)c1ccccc1. The van der Waals surface area contributed by atoms with Crippen molar-refractivity contribution in [2.45, 2.75) is 24.7 Å². The van der Waals surface area contributed by atoms with Crippen LogP contribution in [0.3, 0.4) is 0 Å². The van der Waals surface area contributed by atoms with Crippen LogP contribution in [0.15, 0.2) is 91.0 Å². The normalized spacial score (nSPS) is 21.4. The standard InChI is InChI=1S/C26H21FO7/c27-21-22(33-24(29)18-12-6-2-7-13-18)20(16-31-23(28)17-10-4-1-5-11-17)32-26(21)34-25(30)19-14-8-3-9-15-19/h1-15,20-22,26H,16H2/t20-,21-,22?,26+/m0/s1. The van der Waals surface area contributed by atoms with Crippen LogP contribution in [0.25, 0.3) is 0 Å². The molecular weight excluding hydrogens is 443 g/mol. The van der Waals surface area contributed by atoms with E-state index in [2.05, 4.69) is 0 Å². The zero-order valence-electron chi connectivity index (χ0n) is 17.9. The van der Waals surface area contributed by atoms with Gasteiger partial charge < -0.3 is 18.9 Å². The number of alkyl halides is 1. The second-order valence-corrected chi connectivity index (χ2v) is 7.46. The number of halogens is 1. The number of rotatable bonds is 7. The Morgan fingerprint density at radius 3 is 1.62 bits per heavy atom. The molecule has 1 fully saturated rings. The van der Waals surface area contributed by atoms with E-state index in [1.165, 1.54) is 24.3 Å². The van der Waals surface area contributed by atoms with Gasteiger partial charge >= 0.3 is 17.9 Å². The maximum absolute atomic E-state index is 15.3. The summed E-state index contributed by atoms with van der Waals surface area (Å²) in [6, 6.07) is 24.2. The fourth-order valence-corrected chi connectivity index (χ4v) is 3.38. The summed E-state index contributed by atoms with van der Waals surface area (Å²) in [5.74, 6) is -2.24. The lowest BCUT2D eigenvalue weighted by molar-refractivity contribution is -0.129. The third kappa shape index (κ3) is 5.47. The van der Waals surface area contributed by atoms with E-state index in [9.17, 15) is 14.4 Å². The first kappa shape index (κ1) is 23.1. The Hall–Kier alpha value is -4.04. The van der Waals surface area contributed by atoms with Gasteiger partial charge in [0, 0.05) is 0 Å². The molecule has 0 aromatic heterocycles. The van der Waals surface area contributed by atoms with Gasteiger partial charge in [-0.1, -0.05) is 54.6 Å². The molecule has 1 saturated heterocycles. The fraction of sp³-hybridized carbons (Fsp3) is 0.192. The van der Waals surface area contributed by atoms with Crippen molar-refractivity contribution in [1.82, 2.24) is 0 Å². The van der Waals surface area contributed by atoms with Gasteiger partial charge in [-0.25, -0.2) is 18.8 Å². The van der Waals surface area contributed by atoms with Crippen molar-refractivity contribution >= 4 is 17.9 Å². The molecule has 0 saturated carbocycles. The van der Waals surface area contributed by atoms with Gasteiger partial charge in [0.25, 0.3) is 0 Å². The summed E-state index contributed by atoms with van der Waals surface area (Å²) in [5.41, 5.74) is 0.705. The largest absolute Gasteiger partial charge is 0.459 e. The molecular formula is C26H21FO7. The van der Waals surface area contributed by atoms with E-state index >= 15 is 4.39 Å². The van der Waals surface area contributed by atoms with Gasteiger partial charge in [-0.2, -0.15) is 0 Å². The third-order valence-electron chi connectivity index (χ3n) is 5.12. The monoisotopic (exact) mass is 464 g/mol. The highest BCUT2D eigenvalue weighted by Gasteiger charge is 2.50. The molecule has 34 heavy (non-hydrogen) atoms. The fourth-order valence-electron chi connectivity index (χ4n) is 3.38. The first-order chi connectivity index (χ1) is 16.5. The molecule has 7 nitrogen and oxygen atoms in total. The van der Waals surface area contributed by atoms with Crippen molar-refractivity contribution in [1.29, 1.82) is 0 Å². The zero-order chi connectivity index (χ0) is 23.9. The van der Waals surface area contributed by atoms with Gasteiger partial charge in [0.2, 0.25) is 12.5 Å². The molecule has 0 N–H and O–H groups in total. The molecule has 3 aromatic rings. The van der Waals surface area contributed by atoms with Gasteiger partial charge in [0.05, 0.1) is 16.7 Å². The Kier molecular flexibility index (Phi) is 7.29. The Labute approximate surface area is 195 Å². The number of ether oxygens (including phenoxy) is 4. The highest BCUT2D eigenvalue weighted by atomic mass is 19.1. The van der Waals surface area contributed by atoms with Crippen molar-refractivity contribution in [3.63, 3.8) is 0 Å². The second kappa shape index (κ2) is 10.7.